The van der Waals surface area contributed by atoms with E-state index < -0.39 is 0 Å². The van der Waals surface area contributed by atoms with Gasteiger partial charge in [-0.2, -0.15) is 0 Å². The molecule has 2 aromatic rings. The Morgan fingerprint density at radius 3 is 2.59 bits per heavy atom. The van der Waals surface area contributed by atoms with Crippen LogP contribution >= 0.6 is 11.3 Å². The van der Waals surface area contributed by atoms with Crippen LogP contribution in [0.25, 0.3) is 0 Å². The standard InChI is InChI=1S/C13H19N3S/c1-8-5-12(11(4)17-8)10(3)16-7-15-6-13(16)9(2)14/h5-7,9-10H,14H2,1-4H3/t9-,10?/m1/s1. The fraction of sp³-hybridized carbons (Fsp3) is 0.462. The molecular weight excluding hydrogens is 230 g/mol. The first-order valence-corrected chi connectivity index (χ1v) is 6.66. The molecule has 0 radical (unpaired) electrons. The van der Waals surface area contributed by atoms with E-state index in [1.807, 2.05) is 30.8 Å². The maximum atomic E-state index is 5.96. The molecule has 0 fully saturated rings. The Morgan fingerprint density at radius 2 is 2.06 bits per heavy atom. The summed E-state index contributed by atoms with van der Waals surface area (Å²) in [7, 11) is 0. The highest BCUT2D eigenvalue weighted by molar-refractivity contribution is 7.12. The summed E-state index contributed by atoms with van der Waals surface area (Å²) < 4.78 is 2.17. The van der Waals surface area contributed by atoms with Crippen molar-refractivity contribution in [1.82, 2.24) is 9.55 Å². The summed E-state index contributed by atoms with van der Waals surface area (Å²) >= 11 is 1.84. The quantitative estimate of drug-likeness (QED) is 0.908. The number of aromatic nitrogens is 2. The maximum Gasteiger partial charge on any atom is 0.0954 e. The van der Waals surface area contributed by atoms with E-state index in [4.69, 9.17) is 5.73 Å². The molecule has 0 aliphatic rings. The van der Waals surface area contributed by atoms with Gasteiger partial charge in [-0.05, 0) is 39.3 Å². The third-order valence-electron chi connectivity index (χ3n) is 3.11. The lowest BCUT2D eigenvalue weighted by Gasteiger charge is -2.18. The summed E-state index contributed by atoms with van der Waals surface area (Å²) in [6.07, 6.45) is 3.73. The molecule has 0 aliphatic carbocycles. The largest absolute Gasteiger partial charge is 0.326 e. The highest BCUT2D eigenvalue weighted by Gasteiger charge is 2.16. The number of hydrogen-bond donors (Lipinski definition) is 1. The predicted octanol–water partition coefficient (Wildman–Crippen LogP) is 3.19. The van der Waals surface area contributed by atoms with E-state index in [-0.39, 0.29) is 6.04 Å². The normalized spacial score (nSPS) is 14.9. The number of rotatable bonds is 3. The van der Waals surface area contributed by atoms with E-state index in [0.717, 1.165) is 5.69 Å². The van der Waals surface area contributed by atoms with Crippen molar-refractivity contribution in [3.05, 3.63) is 39.6 Å². The van der Waals surface area contributed by atoms with Gasteiger partial charge in [-0.25, -0.2) is 4.98 Å². The fourth-order valence-corrected chi connectivity index (χ4v) is 3.22. The minimum Gasteiger partial charge on any atom is -0.326 e. The minimum atomic E-state index is 0.0139. The Hall–Kier alpha value is -1.13. The smallest absolute Gasteiger partial charge is 0.0954 e. The molecule has 4 heteroatoms. The molecule has 0 aromatic carbocycles. The average molecular weight is 249 g/mol. The second kappa shape index (κ2) is 4.63. The van der Waals surface area contributed by atoms with Crippen molar-refractivity contribution < 1.29 is 0 Å². The lowest BCUT2D eigenvalue weighted by Crippen LogP contribution is -2.15. The summed E-state index contributed by atoms with van der Waals surface area (Å²) in [5.74, 6) is 0. The SMILES string of the molecule is Cc1cc(C(C)n2cncc2[C@@H](C)N)c(C)s1. The molecule has 0 spiro atoms. The second-order valence-corrected chi connectivity index (χ2v) is 6.02. The molecule has 92 valence electrons. The van der Waals surface area contributed by atoms with Crippen molar-refractivity contribution in [2.24, 2.45) is 5.73 Å². The van der Waals surface area contributed by atoms with Gasteiger partial charge in [-0.3, -0.25) is 0 Å². The first-order valence-electron chi connectivity index (χ1n) is 5.85. The molecule has 0 saturated heterocycles. The topological polar surface area (TPSA) is 43.8 Å². The Balaban J connectivity index is 2.40. The average Bonchev–Trinajstić information content (AvgIpc) is 2.83. The van der Waals surface area contributed by atoms with E-state index >= 15 is 0 Å². The Morgan fingerprint density at radius 1 is 1.35 bits per heavy atom. The fourth-order valence-electron chi connectivity index (χ4n) is 2.21. The van der Waals surface area contributed by atoms with E-state index in [1.165, 1.54) is 15.3 Å². The van der Waals surface area contributed by atoms with Crippen molar-refractivity contribution in [2.75, 3.05) is 0 Å². The molecule has 2 rings (SSSR count). The number of imidazole rings is 1. The zero-order valence-corrected chi connectivity index (χ0v) is 11.6. The van der Waals surface area contributed by atoms with E-state index in [2.05, 4.69) is 36.4 Å². The van der Waals surface area contributed by atoms with Crippen LogP contribution in [0, 0.1) is 13.8 Å². The molecule has 0 aliphatic heterocycles. The number of nitrogens with two attached hydrogens (primary N) is 1. The van der Waals surface area contributed by atoms with E-state index in [1.54, 1.807) is 0 Å². The highest BCUT2D eigenvalue weighted by atomic mass is 32.1. The van der Waals surface area contributed by atoms with Gasteiger partial charge in [0.1, 0.15) is 0 Å². The van der Waals surface area contributed by atoms with Crippen LogP contribution < -0.4 is 5.73 Å². The molecule has 17 heavy (non-hydrogen) atoms. The molecule has 0 amide bonds. The van der Waals surface area contributed by atoms with Gasteiger partial charge in [0, 0.05) is 22.0 Å². The second-order valence-electron chi connectivity index (χ2n) is 4.56. The summed E-state index contributed by atoms with van der Waals surface area (Å²) in [5.41, 5.74) is 8.41. The highest BCUT2D eigenvalue weighted by Crippen LogP contribution is 2.30. The van der Waals surface area contributed by atoms with E-state index in [9.17, 15) is 0 Å². The first-order chi connectivity index (χ1) is 8.00. The number of hydrogen-bond acceptors (Lipinski definition) is 3. The minimum absolute atomic E-state index is 0.0139. The van der Waals surface area contributed by atoms with Crippen LogP contribution in [0.5, 0.6) is 0 Å². The molecule has 0 bridgehead atoms. The van der Waals surface area contributed by atoms with Crippen molar-refractivity contribution in [2.45, 2.75) is 39.8 Å². The number of thiophene rings is 1. The maximum absolute atomic E-state index is 5.96. The van der Waals surface area contributed by atoms with Crippen molar-refractivity contribution in [3.63, 3.8) is 0 Å². The summed E-state index contributed by atoms with van der Waals surface area (Å²) in [5, 5.41) is 0. The van der Waals surface area contributed by atoms with E-state index in [0.29, 0.717) is 6.04 Å². The summed E-state index contributed by atoms with van der Waals surface area (Å²) in [6, 6.07) is 2.57. The van der Waals surface area contributed by atoms with Gasteiger partial charge in [0.15, 0.2) is 0 Å². The van der Waals surface area contributed by atoms with Gasteiger partial charge in [0.25, 0.3) is 0 Å². The lowest BCUT2D eigenvalue weighted by atomic mass is 10.1. The molecule has 0 saturated carbocycles. The molecule has 2 N–H and O–H groups in total. The Labute approximate surface area is 106 Å². The third kappa shape index (κ3) is 2.28. The summed E-state index contributed by atoms with van der Waals surface area (Å²) in [4.78, 5) is 6.94. The van der Waals surface area contributed by atoms with Crippen LogP contribution in [0.4, 0.5) is 0 Å². The van der Waals surface area contributed by atoms with Crippen molar-refractivity contribution in [1.29, 1.82) is 0 Å². The predicted molar refractivity (Wildman–Crippen MR) is 72.4 cm³/mol. The third-order valence-corrected chi connectivity index (χ3v) is 4.09. The van der Waals surface area contributed by atoms with Gasteiger partial charge in [0.2, 0.25) is 0 Å². The molecule has 2 heterocycles. The number of nitrogens with zero attached hydrogens (tertiary/aromatic N) is 2. The van der Waals surface area contributed by atoms with Crippen molar-refractivity contribution >= 4 is 11.3 Å². The molecule has 1 unspecified atom stereocenters. The molecule has 2 aromatic heterocycles. The van der Waals surface area contributed by atoms with Gasteiger partial charge >= 0.3 is 0 Å². The van der Waals surface area contributed by atoms with Crippen LogP contribution in [0.2, 0.25) is 0 Å². The first kappa shape index (κ1) is 12.3. The summed E-state index contributed by atoms with van der Waals surface area (Å²) in [6.45, 7) is 8.51. The monoisotopic (exact) mass is 249 g/mol. The van der Waals surface area contributed by atoms with Gasteiger partial charge in [-0.1, -0.05) is 0 Å². The Bertz CT molecular complexity index is 510. The van der Waals surface area contributed by atoms with Crippen molar-refractivity contribution in [3.8, 4) is 0 Å². The van der Waals surface area contributed by atoms with Crippen LogP contribution in [-0.4, -0.2) is 9.55 Å². The Kier molecular flexibility index (Phi) is 3.35. The molecular formula is C13H19N3S. The number of aryl methyl sites for hydroxylation is 2. The van der Waals surface area contributed by atoms with Crippen LogP contribution in [0.1, 0.15) is 46.9 Å². The molecule has 3 nitrogen and oxygen atoms in total. The van der Waals surface area contributed by atoms with Gasteiger partial charge in [0.05, 0.1) is 18.1 Å². The van der Waals surface area contributed by atoms with Gasteiger partial charge < -0.3 is 10.3 Å². The van der Waals surface area contributed by atoms with Crippen LogP contribution in [-0.2, 0) is 0 Å². The molecule has 2 atom stereocenters. The zero-order valence-electron chi connectivity index (χ0n) is 10.8. The van der Waals surface area contributed by atoms with Crippen LogP contribution in [0.15, 0.2) is 18.6 Å². The zero-order chi connectivity index (χ0) is 12.6. The van der Waals surface area contributed by atoms with Gasteiger partial charge in [-0.15, -0.1) is 11.3 Å². The lowest BCUT2D eigenvalue weighted by molar-refractivity contribution is 0.581. The van der Waals surface area contributed by atoms with Crippen LogP contribution in [0.3, 0.4) is 0 Å².